The molecule has 5 heteroatoms. The summed E-state index contributed by atoms with van der Waals surface area (Å²) in [7, 11) is 1.58. The van der Waals surface area contributed by atoms with Gasteiger partial charge in [0, 0.05) is 35.6 Å². The van der Waals surface area contributed by atoms with E-state index in [-0.39, 0.29) is 17.6 Å². The monoisotopic (exact) mass is 352 g/mol. The van der Waals surface area contributed by atoms with Crippen molar-refractivity contribution in [2.45, 2.75) is 18.8 Å². The van der Waals surface area contributed by atoms with Gasteiger partial charge >= 0.3 is 0 Å². The number of nitrogens with one attached hydrogen (secondary N) is 1. The molecular weight excluding hydrogens is 331 g/mol. The molecule has 3 aromatic rings. The van der Waals surface area contributed by atoms with E-state index in [4.69, 9.17) is 4.74 Å². The van der Waals surface area contributed by atoms with Crippen molar-refractivity contribution >= 4 is 16.8 Å². The van der Waals surface area contributed by atoms with E-state index >= 15 is 0 Å². The number of hydrogen-bond donors (Lipinski definition) is 1. The van der Waals surface area contributed by atoms with Crippen LogP contribution >= 0.6 is 0 Å². The lowest BCUT2D eigenvalue weighted by molar-refractivity contribution is 0.0702. The predicted octanol–water partition coefficient (Wildman–Crippen LogP) is 4.34. The molecule has 2 aromatic carbocycles. The lowest BCUT2D eigenvalue weighted by Crippen LogP contribution is -2.39. The number of carbonyl (C=O) groups excluding carboxylic acids is 1. The van der Waals surface area contributed by atoms with Crippen LogP contribution in [0.1, 0.15) is 34.8 Å². The van der Waals surface area contributed by atoms with Gasteiger partial charge in [-0.2, -0.15) is 0 Å². The summed E-state index contributed by atoms with van der Waals surface area (Å²) in [4.78, 5) is 18.2. The van der Waals surface area contributed by atoms with Crippen molar-refractivity contribution in [2.24, 2.45) is 0 Å². The summed E-state index contributed by atoms with van der Waals surface area (Å²) in [6.07, 6.45) is 1.94. The molecule has 4 rings (SSSR count). The molecule has 26 heavy (non-hydrogen) atoms. The number of halogens is 1. The number of ether oxygens (including phenoxy) is 1. The topological polar surface area (TPSA) is 45.3 Å². The van der Waals surface area contributed by atoms with Crippen LogP contribution in [-0.2, 0) is 0 Å². The van der Waals surface area contributed by atoms with E-state index < -0.39 is 0 Å². The van der Waals surface area contributed by atoms with Crippen molar-refractivity contribution in [3.8, 4) is 5.75 Å². The molecule has 0 radical (unpaired) electrons. The van der Waals surface area contributed by atoms with Crippen molar-refractivity contribution in [1.29, 1.82) is 0 Å². The van der Waals surface area contributed by atoms with Crippen LogP contribution in [0.3, 0.4) is 0 Å². The Balaban J connectivity index is 1.57. The molecule has 1 atom stereocenters. The van der Waals surface area contributed by atoms with Crippen LogP contribution in [-0.4, -0.2) is 36.0 Å². The Kier molecular flexibility index (Phi) is 4.37. The van der Waals surface area contributed by atoms with Gasteiger partial charge in [-0.25, -0.2) is 4.39 Å². The molecular formula is C21H21FN2O2. The first kappa shape index (κ1) is 16.6. The van der Waals surface area contributed by atoms with Gasteiger partial charge in [0.15, 0.2) is 0 Å². The van der Waals surface area contributed by atoms with E-state index in [1.807, 2.05) is 23.1 Å². The molecule has 1 N–H and O–H groups in total. The number of benzene rings is 2. The molecule has 0 saturated carbocycles. The maximum Gasteiger partial charge on any atom is 0.257 e. The van der Waals surface area contributed by atoms with Gasteiger partial charge in [-0.15, -0.1) is 0 Å². The summed E-state index contributed by atoms with van der Waals surface area (Å²) in [5.74, 6) is 0.576. The van der Waals surface area contributed by atoms with E-state index in [1.165, 1.54) is 12.1 Å². The average Bonchev–Trinajstić information content (AvgIpc) is 3.10. The number of nitrogens with zero attached hydrogens (tertiary/aromatic N) is 1. The molecule has 0 bridgehead atoms. The van der Waals surface area contributed by atoms with Crippen LogP contribution in [0, 0.1) is 5.82 Å². The van der Waals surface area contributed by atoms with E-state index in [1.54, 1.807) is 25.3 Å². The number of H-pyrrole nitrogens is 1. The highest BCUT2D eigenvalue weighted by molar-refractivity contribution is 5.97. The zero-order valence-corrected chi connectivity index (χ0v) is 14.7. The number of aromatic nitrogens is 1. The molecule has 0 aliphatic carbocycles. The molecule has 1 amide bonds. The Morgan fingerprint density at radius 2 is 2.08 bits per heavy atom. The smallest absolute Gasteiger partial charge is 0.257 e. The summed E-state index contributed by atoms with van der Waals surface area (Å²) in [5, 5.41) is 0.869. The molecule has 0 spiro atoms. The molecule has 1 aliphatic rings. The summed E-state index contributed by atoms with van der Waals surface area (Å²) in [6, 6.07) is 14.1. The van der Waals surface area contributed by atoms with Crippen LogP contribution in [0.5, 0.6) is 5.75 Å². The lowest BCUT2D eigenvalue weighted by Gasteiger charge is -2.32. The molecule has 2 heterocycles. The zero-order valence-electron chi connectivity index (χ0n) is 14.7. The first-order valence-corrected chi connectivity index (χ1v) is 8.86. The van der Waals surface area contributed by atoms with Crippen molar-refractivity contribution in [2.75, 3.05) is 20.2 Å². The second kappa shape index (κ2) is 6.83. The van der Waals surface area contributed by atoms with Crippen LogP contribution in [0.4, 0.5) is 4.39 Å². The van der Waals surface area contributed by atoms with Gasteiger partial charge in [-0.05, 0) is 49.2 Å². The third-order valence-electron chi connectivity index (χ3n) is 5.09. The Hall–Kier alpha value is -2.82. The fourth-order valence-electron chi connectivity index (χ4n) is 3.75. The zero-order chi connectivity index (χ0) is 18.1. The Morgan fingerprint density at radius 1 is 1.23 bits per heavy atom. The number of fused-ring (bicyclic) bond motifs is 1. The second-order valence-electron chi connectivity index (χ2n) is 6.75. The molecule has 4 nitrogen and oxygen atoms in total. The highest BCUT2D eigenvalue weighted by Gasteiger charge is 2.27. The number of para-hydroxylation sites is 1. The van der Waals surface area contributed by atoms with Crippen molar-refractivity contribution in [3.05, 3.63) is 65.6 Å². The summed E-state index contributed by atoms with van der Waals surface area (Å²) in [5.41, 5.74) is 2.58. The van der Waals surface area contributed by atoms with Gasteiger partial charge in [0.25, 0.3) is 5.91 Å². The fourth-order valence-corrected chi connectivity index (χ4v) is 3.75. The van der Waals surface area contributed by atoms with E-state index in [0.29, 0.717) is 17.9 Å². The third kappa shape index (κ3) is 3.05. The Labute approximate surface area is 151 Å². The van der Waals surface area contributed by atoms with Gasteiger partial charge < -0.3 is 14.6 Å². The van der Waals surface area contributed by atoms with E-state index in [2.05, 4.69) is 4.98 Å². The standard InChI is InChI=1S/C21H21FN2O2/c1-26-20-7-3-2-6-17(20)21(25)24-10-4-5-14(13-24)19-12-15-11-16(22)8-9-18(15)23-19/h2-3,6-9,11-12,14,23H,4-5,10,13H2,1H3. The van der Waals surface area contributed by atoms with Gasteiger partial charge in [-0.1, -0.05) is 12.1 Å². The SMILES string of the molecule is COc1ccccc1C(=O)N1CCCC(c2cc3cc(F)ccc3[nH]2)C1. The van der Waals surface area contributed by atoms with Crippen LogP contribution in [0.2, 0.25) is 0 Å². The van der Waals surface area contributed by atoms with Crippen LogP contribution in [0.25, 0.3) is 10.9 Å². The highest BCUT2D eigenvalue weighted by atomic mass is 19.1. The number of methoxy groups -OCH3 is 1. The maximum absolute atomic E-state index is 13.4. The van der Waals surface area contributed by atoms with Crippen LogP contribution in [0.15, 0.2) is 48.5 Å². The molecule has 1 aliphatic heterocycles. The molecule has 1 fully saturated rings. The van der Waals surface area contributed by atoms with Crippen molar-refractivity contribution in [1.82, 2.24) is 9.88 Å². The van der Waals surface area contributed by atoms with Gasteiger partial charge in [0.1, 0.15) is 11.6 Å². The van der Waals surface area contributed by atoms with Crippen molar-refractivity contribution < 1.29 is 13.9 Å². The Bertz CT molecular complexity index is 950. The highest BCUT2D eigenvalue weighted by Crippen LogP contribution is 2.31. The molecule has 1 aromatic heterocycles. The van der Waals surface area contributed by atoms with Crippen molar-refractivity contribution in [3.63, 3.8) is 0 Å². The predicted molar refractivity (Wildman–Crippen MR) is 99.1 cm³/mol. The number of likely N-dealkylation sites (tertiary alicyclic amines) is 1. The number of rotatable bonds is 3. The van der Waals surface area contributed by atoms with E-state index in [0.717, 1.165) is 36.0 Å². The molecule has 1 unspecified atom stereocenters. The third-order valence-corrected chi connectivity index (χ3v) is 5.09. The summed E-state index contributed by atoms with van der Waals surface area (Å²) in [6.45, 7) is 1.38. The minimum absolute atomic E-state index is 0.00527. The minimum Gasteiger partial charge on any atom is -0.496 e. The second-order valence-corrected chi connectivity index (χ2v) is 6.75. The number of carbonyl (C=O) groups is 1. The quantitative estimate of drug-likeness (QED) is 0.762. The van der Waals surface area contributed by atoms with Crippen LogP contribution < -0.4 is 4.74 Å². The number of hydrogen-bond acceptors (Lipinski definition) is 2. The largest absolute Gasteiger partial charge is 0.496 e. The fraction of sp³-hybridized carbons (Fsp3) is 0.286. The summed E-state index contributed by atoms with van der Waals surface area (Å²) < 4.78 is 18.8. The minimum atomic E-state index is -0.236. The maximum atomic E-state index is 13.4. The first-order valence-electron chi connectivity index (χ1n) is 8.86. The Morgan fingerprint density at radius 3 is 2.92 bits per heavy atom. The first-order chi connectivity index (χ1) is 12.7. The molecule has 134 valence electrons. The van der Waals surface area contributed by atoms with Gasteiger partial charge in [0.2, 0.25) is 0 Å². The summed E-state index contributed by atoms with van der Waals surface area (Å²) >= 11 is 0. The van der Waals surface area contributed by atoms with Gasteiger partial charge in [-0.3, -0.25) is 4.79 Å². The molecule has 1 saturated heterocycles. The average molecular weight is 352 g/mol. The number of amides is 1. The normalized spacial score (nSPS) is 17.5. The van der Waals surface area contributed by atoms with Gasteiger partial charge in [0.05, 0.1) is 12.7 Å². The van der Waals surface area contributed by atoms with E-state index in [9.17, 15) is 9.18 Å². The lowest BCUT2D eigenvalue weighted by atomic mass is 9.94. The number of piperidine rings is 1. The number of aromatic amines is 1.